The van der Waals surface area contributed by atoms with Gasteiger partial charge in [-0.25, -0.2) is 0 Å². The summed E-state index contributed by atoms with van der Waals surface area (Å²) in [7, 11) is 0. The average molecular weight is 361 g/mol. The van der Waals surface area contributed by atoms with E-state index in [1.165, 1.54) is 11.1 Å². The summed E-state index contributed by atoms with van der Waals surface area (Å²) < 4.78 is 2.25. The molecule has 2 rings (SSSR count). The smallest absolute Gasteiger partial charge is 0.0701 e. The van der Waals surface area contributed by atoms with Crippen molar-refractivity contribution in [1.82, 2.24) is 0 Å². The Hall–Kier alpha value is -0.160. The topological polar surface area (TPSA) is 26.0 Å². The summed E-state index contributed by atoms with van der Waals surface area (Å²) in [5.74, 6) is 0. The number of halogens is 2. The Morgan fingerprint density at radius 3 is 2.62 bits per heavy atom. The third-order valence-corrected chi connectivity index (χ3v) is 4.71. The van der Waals surface area contributed by atoms with E-state index in [0.29, 0.717) is 0 Å². The lowest BCUT2D eigenvalue weighted by atomic mass is 10.0. The highest BCUT2D eigenvalue weighted by Crippen LogP contribution is 2.27. The van der Waals surface area contributed by atoms with Crippen LogP contribution in [0.15, 0.2) is 44.0 Å². The Bertz CT molecular complexity index is 481. The molecule has 1 aromatic heterocycles. The third kappa shape index (κ3) is 2.94. The highest BCUT2D eigenvalue weighted by atomic mass is 79.9. The number of nitrogens with two attached hydrogens (primary N) is 1. The predicted octanol–water partition coefficient (Wildman–Crippen LogP) is 4.52. The fourth-order valence-electron chi connectivity index (χ4n) is 1.54. The minimum absolute atomic E-state index is 0.0567. The fourth-order valence-corrected chi connectivity index (χ4v) is 3.22. The molecule has 2 aromatic rings. The van der Waals surface area contributed by atoms with Crippen molar-refractivity contribution < 1.29 is 0 Å². The first-order valence-electron chi connectivity index (χ1n) is 4.89. The Balaban J connectivity index is 2.13. The van der Waals surface area contributed by atoms with Crippen molar-refractivity contribution in [2.45, 2.75) is 12.5 Å². The van der Waals surface area contributed by atoms with E-state index in [4.69, 9.17) is 5.73 Å². The van der Waals surface area contributed by atoms with Gasteiger partial charge in [0, 0.05) is 10.5 Å². The van der Waals surface area contributed by atoms with Gasteiger partial charge in [0.05, 0.1) is 3.79 Å². The van der Waals surface area contributed by atoms with Crippen LogP contribution in [0.4, 0.5) is 0 Å². The molecule has 0 fully saturated rings. The molecule has 1 nitrogen and oxygen atoms in total. The van der Waals surface area contributed by atoms with Gasteiger partial charge in [-0.2, -0.15) is 0 Å². The Labute approximate surface area is 116 Å². The van der Waals surface area contributed by atoms with Crippen LogP contribution in [0.25, 0.3) is 0 Å². The molecule has 2 N–H and O–H groups in total. The summed E-state index contributed by atoms with van der Waals surface area (Å²) in [6.07, 6.45) is 0.852. The van der Waals surface area contributed by atoms with Crippen LogP contribution in [0.5, 0.6) is 0 Å². The van der Waals surface area contributed by atoms with Crippen LogP contribution < -0.4 is 5.73 Å². The zero-order chi connectivity index (χ0) is 11.5. The first-order chi connectivity index (χ1) is 7.66. The summed E-state index contributed by atoms with van der Waals surface area (Å²) in [4.78, 5) is 0. The summed E-state index contributed by atoms with van der Waals surface area (Å²) in [6, 6.07) is 10.3. The zero-order valence-electron chi connectivity index (χ0n) is 8.49. The van der Waals surface area contributed by atoms with E-state index < -0.39 is 0 Å². The van der Waals surface area contributed by atoms with Crippen LogP contribution >= 0.6 is 43.2 Å². The molecule has 16 heavy (non-hydrogen) atoms. The van der Waals surface area contributed by atoms with Gasteiger partial charge < -0.3 is 5.73 Å². The summed E-state index contributed by atoms with van der Waals surface area (Å²) >= 11 is 8.67. The van der Waals surface area contributed by atoms with E-state index in [9.17, 15) is 0 Å². The van der Waals surface area contributed by atoms with Gasteiger partial charge in [-0.05, 0) is 51.0 Å². The zero-order valence-corrected chi connectivity index (χ0v) is 12.5. The van der Waals surface area contributed by atoms with Gasteiger partial charge >= 0.3 is 0 Å². The lowest BCUT2D eigenvalue weighted by Gasteiger charge is -2.11. The maximum atomic E-state index is 6.17. The first kappa shape index (κ1) is 12.3. The van der Waals surface area contributed by atoms with Gasteiger partial charge in [0.25, 0.3) is 0 Å². The van der Waals surface area contributed by atoms with Crippen LogP contribution in [0.1, 0.15) is 17.2 Å². The van der Waals surface area contributed by atoms with Gasteiger partial charge in [-0.3, -0.25) is 0 Å². The first-order valence-corrected chi connectivity index (χ1v) is 7.36. The second-order valence-corrected chi connectivity index (χ2v) is 6.73. The molecule has 1 heterocycles. The summed E-state index contributed by atoms with van der Waals surface area (Å²) in [6.45, 7) is 0. The second-order valence-electron chi connectivity index (χ2n) is 3.59. The van der Waals surface area contributed by atoms with Crippen LogP contribution in [0.2, 0.25) is 0 Å². The molecule has 4 heteroatoms. The number of rotatable bonds is 3. The van der Waals surface area contributed by atoms with E-state index >= 15 is 0 Å². The number of hydrogen-bond donors (Lipinski definition) is 1. The van der Waals surface area contributed by atoms with Crippen molar-refractivity contribution >= 4 is 43.2 Å². The Kier molecular flexibility index (Phi) is 4.19. The second kappa shape index (κ2) is 5.45. The molecule has 0 saturated carbocycles. The normalized spacial score (nSPS) is 12.7. The molecular formula is C12H11Br2NS. The molecule has 0 amide bonds. The monoisotopic (exact) mass is 359 g/mol. The predicted molar refractivity (Wildman–Crippen MR) is 76.8 cm³/mol. The quantitative estimate of drug-likeness (QED) is 0.855. The largest absolute Gasteiger partial charge is 0.324 e. The van der Waals surface area contributed by atoms with E-state index in [-0.39, 0.29) is 6.04 Å². The van der Waals surface area contributed by atoms with Crippen molar-refractivity contribution in [1.29, 1.82) is 0 Å². The SMILES string of the molecule is NC(Cc1ccccc1Br)c1csc(Br)c1. The lowest BCUT2D eigenvalue weighted by Crippen LogP contribution is -2.12. The lowest BCUT2D eigenvalue weighted by molar-refractivity contribution is 0.723. The molecular weight excluding hydrogens is 350 g/mol. The highest BCUT2D eigenvalue weighted by Gasteiger charge is 2.10. The van der Waals surface area contributed by atoms with Gasteiger partial charge in [-0.15, -0.1) is 11.3 Å². The third-order valence-electron chi connectivity index (χ3n) is 2.41. The van der Waals surface area contributed by atoms with Crippen molar-refractivity contribution in [3.8, 4) is 0 Å². The molecule has 0 saturated heterocycles. The minimum Gasteiger partial charge on any atom is -0.324 e. The molecule has 0 bridgehead atoms. The number of benzene rings is 1. The Morgan fingerprint density at radius 1 is 1.25 bits per heavy atom. The van der Waals surface area contributed by atoms with Crippen molar-refractivity contribution in [2.75, 3.05) is 0 Å². The van der Waals surface area contributed by atoms with Crippen LogP contribution in [0, 0.1) is 0 Å². The number of thiophene rings is 1. The van der Waals surface area contributed by atoms with Crippen LogP contribution in [0.3, 0.4) is 0 Å². The average Bonchev–Trinajstić information content (AvgIpc) is 2.68. The maximum absolute atomic E-state index is 6.17. The molecule has 1 atom stereocenters. The molecule has 0 aliphatic rings. The van der Waals surface area contributed by atoms with Crippen molar-refractivity contribution in [2.24, 2.45) is 5.73 Å². The Morgan fingerprint density at radius 2 is 2.00 bits per heavy atom. The molecule has 0 aliphatic carbocycles. The van der Waals surface area contributed by atoms with E-state index in [1.807, 2.05) is 18.2 Å². The molecule has 1 unspecified atom stereocenters. The standard InChI is InChI=1S/C12H11Br2NS/c13-10-4-2-1-3-8(10)5-11(15)9-6-12(14)16-7-9/h1-4,6-7,11H,5,15H2. The molecule has 0 aliphatic heterocycles. The van der Waals surface area contributed by atoms with E-state index in [0.717, 1.165) is 14.7 Å². The molecule has 0 radical (unpaired) electrons. The van der Waals surface area contributed by atoms with Gasteiger partial charge in [0.2, 0.25) is 0 Å². The molecule has 1 aromatic carbocycles. The van der Waals surface area contributed by atoms with E-state index in [1.54, 1.807) is 11.3 Å². The van der Waals surface area contributed by atoms with E-state index in [2.05, 4.69) is 49.4 Å². The minimum atomic E-state index is 0.0567. The number of hydrogen-bond acceptors (Lipinski definition) is 2. The van der Waals surface area contributed by atoms with Crippen molar-refractivity contribution in [3.05, 3.63) is 55.1 Å². The summed E-state index contributed by atoms with van der Waals surface area (Å²) in [5.41, 5.74) is 8.61. The van der Waals surface area contributed by atoms with Gasteiger partial charge in [0.15, 0.2) is 0 Å². The van der Waals surface area contributed by atoms with Gasteiger partial charge in [-0.1, -0.05) is 34.1 Å². The van der Waals surface area contributed by atoms with Crippen LogP contribution in [-0.4, -0.2) is 0 Å². The molecule has 84 valence electrons. The maximum Gasteiger partial charge on any atom is 0.0701 e. The van der Waals surface area contributed by atoms with Crippen molar-refractivity contribution in [3.63, 3.8) is 0 Å². The van der Waals surface area contributed by atoms with Gasteiger partial charge in [0.1, 0.15) is 0 Å². The molecule has 0 spiro atoms. The fraction of sp³-hybridized carbons (Fsp3) is 0.167. The van der Waals surface area contributed by atoms with Crippen LogP contribution in [-0.2, 0) is 6.42 Å². The summed E-state index contributed by atoms with van der Waals surface area (Å²) in [5, 5.41) is 2.10. The highest BCUT2D eigenvalue weighted by molar-refractivity contribution is 9.11.